The standard InChI is InChI=1S/C14H16BrN3O2/c1-20-14(19)11-2-3-12(13(15)8-11)9-16-4-6-18-7-5-17-10-18/h2-3,5,7-8,10,16H,4,6,9H2,1H3. The number of ether oxygens (including phenoxy) is 1. The van der Waals surface area contributed by atoms with Gasteiger partial charge in [-0.3, -0.25) is 0 Å². The number of rotatable bonds is 6. The number of imidazole rings is 1. The van der Waals surface area contributed by atoms with Gasteiger partial charge < -0.3 is 14.6 Å². The first kappa shape index (κ1) is 14.7. The molecule has 106 valence electrons. The average molecular weight is 338 g/mol. The van der Waals surface area contributed by atoms with E-state index in [1.54, 1.807) is 24.7 Å². The van der Waals surface area contributed by atoms with Gasteiger partial charge in [-0.15, -0.1) is 0 Å². The van der Waals surface area contributed by atoms with Crippen molar-refractivity contribution < 1.29 is 9.53 Å². The number of aromatic nitrogens is 2. The maximum absolute atomic E-state index is 11.4. The first-order valence-corrected chi connectivity index (χ1v) is 7.03. The lowest BCUT2D eigenvalue weighted by Gasteiger charge is -2.08. The first-order valence-electron chi connectivity index (χ1n) is 6.24. The second kappa shape index (κ2) is 7.21. The Bertz CT molecular complexity index is 570. The number of carbonyl (C=O) groups excluding carboxylic acids is 1. The lowest BCUT2D eigenvalue weighted by molar-refractivity contribution is 0.0600. The quantitative estimate of drug-likeness (QED) is 0.648. The maximum Gasteiger partial charge on any atom is 0.337 e. The van der Waals surface area contributed by atoms with Crippen LogP contribution in [-0.2, 0) is 17.8 Å². The molecule has 0 spiro atoms. The Balaban J connectivity index is 1.85. The van der Waals surface area contributed by atoms with Crippen molar-refractivity contribution >= 4 is 21.9 Å². The molecule has 0 aliphatic carbocycles. The van der Waals surface area contributed by atoms with E-state index in [0.717, 1.165) is 29.7 Å². The number of hydrogen-bond donors (Lipinski definition) is 1. The van der Waals surface area contributed by atoms with Crippen molar-refractivity contribution in [2.24, 2.45) is 0 Å². The van der Waals surface area contributed by atoms with Crippen molar-refractivity contribution in [1.29, 1.82) is 0 Å². The second-order valence-corrected chi connectivity index (χ2v) is 5.13. The van der Waals surface area contributed by atoms with Crippen molar-refractivity contribution in [1.82, 2.24) is 14.9 Å². The molecule has 5 nitrogen and oxygen atoms in total. The third-order valence-corrected chi connectivity index (χ3v) is 3.63. The fraction of sp³-hybridized carbons (Fsp3) is 0.286. The topological polar surface area (TPSA) is 56.1 Å². The van der Waals surface area contributed by atoms with E-state index in [4.69, 9.17) is 0 Å². The summed E-state index contributed by atoms with van der Waals surface area (Å²) >= 11 is 3.47. The van der Waals surface area contributed by atoms with E-state index in [2.05, 4.69) is 31.0 Å². The predicted octanol–water partition coefficient (Wildman–Crippen LogP) is 2.22. The Morgan fingerprint density at radius 3 is 3.00 bits per heavy atom. The molecule has 0 unspecified atom stereocenters. The zero-order valence-electron chi connectivity index (χ0n) is 11.2. The van der Waals surface area contributed by atoms with Gasteiger partial charge >= 0.3 is 5.97 Å². The van der Waals surface area contributed by atoms with E-state index in [1.165, 1.54) is 7.11 Å². The highest BCUT2D eigenvalue weighted by Crippen LogP contribution is 2.19. The highest BCUT2D eigenvalue weighted by molar-refractivity contribution is 9.10. The van der Waals surface area contributed by atoms with Crippen molar-refractivity contribution in [3.8, 4) is 0 Å². The lowest BCUT2D eigenvalue weighted by atomic mass is 10.1. The van der Waals surface area contributed by atoms with Crippen LogP contribution in [0.4, 0.5) is 0 Å². The van der Waals surface area contributed by atoms with Gasteiger partial charge in [0.25, 0.3) is 0 Å². The summed E-state index contributed by atoms with van der Waals surface area (Å²) in [6.07, 6.45) is 5.49. The van der Waals surface area contributed by atoms with E-state index >= 15 is 0 Å². The van der Waals surface area contributed by atoms with Crippen LogP contribution in [0.1, 0.15) is 15.9 Å². The number of halogens is 1. The van der Waals surface area contributed by atoms with Gasteiger partial charge in [-0.1, -0.05) is 22.0 Å². The van der Waals surface area contributed by atoms with Gasteiger partial charge in [0.15, 0.2) is 0 Å². The first-order chi connectivity index (χ1) is 9.70. The number of benzene rings is 1. The molecule has 0 atom stereocenters. The molecule has 2 aromatic rings. The van der Waals surface area contributed by atoms with Gasteiger partial charge in [-0.05, 0) is 17.7 Å². The molecule has 0 amide bonds. The third kappa shape index (κ3) is 3.91. The van der Waals surface area contributed by atoms with Gasteiger partial charge in [-0.2, -0.15) is 0 Å². The van der Waals surface area contributed by atoms with Gasteiger partial charge in [0.05, 0.1) is 19.0 Å². The molecule has 0 radical (unpaired) electrons. The van der Waals surface area contributed by atoms with E-state index in [-0.39, 0.29) is 5.97 Å². The van der Waals surface area contributed by atoms with Crippen LogP contribution in [0.15, 0.2) is 41.4 Å². The average Bonchev–Trinajstić information content (AvgIpc) is 2.97. The van der Waals surface area contributed by atoms with Crippen LogP contribution >= 0.6 is 15.9 Å². The van der Waals surface area contributed by atoms with Crippen molar-refractivity contribution in [3.63, 3.8) is 0 Å². The summed E-state index contributed by atoms with van der Waals surface area (Å²) in [7, 11) is 1.38. The predicted molar refractivity (Wildman–Crippen MR) is 79.4 cm³/mol. The van der Waals surface area contributed by atoms with Crippen LogP contribution in [0.5, 0.6) is 0 Å². The van der Waals surface area contributed by atoms with Crippen LogP contribution in [0, 0.1) is 0 Å². The molecule has 0 fully saturated rings. The summed E-state index contributed by atoms with van der Waals surface area (Å²) in [5.41, 5.74) is 1.64. The van der Waals surface area contributed by atoms with E-state index < -0.39 is 0 Å². The van der Waals surface area contributed by atoms with Crippen LogP contribution in [0.3, 0.4) is 0 Å². The van der Waals surface area contributed by atoms with Crippen molar-refractivity contribution in [3.05, 3.63) is 52.5 Å². The van der Waals surface area contributed by atoms with Gasteiger partial charge in [0.1, 0.15) is 0 Å². The number of hydrogen-bond acceptors (Lipinski definition) is 4. The molecule has 1 N–H and O–H groups in total. The number of nitrogens with one attached hydrogen (secondary N) is 1. The molecule has 0 aliphatic heterocycles. The van der Waals surface area contributed by atoms with Crippen LogP contribution in [0.25, 0.3) is 0 Å². The Morgan fingerprint density at radius 1 is 1.50 bits per heavy atom. The van der Waals surface area contributed by atoms with E-state index in [9.17, 15) is 4.79 Å². The number of methoxy groups -OCH3 is 1. The second-order valence-electron chi connectivity index (χ2n) is 4.28. The molecule has 2 rings (SSSR count). The zero-order valence-corrected chi connectivity index (χ0v) is 12.8. The Morgan fingerprint density at radius 2 is 2.35 bits per heavy atom. The fourth-order valence-electron chi connectivity index (χ4n) is 1.79. The minimum Gasteiger partial charge on any atom is -0.465 e. The largest absolute Gasteiger partial charge is 0.465 e. The molecule has 0 saturated heterocycles. The Labute approximate surface area is 126 Å². The lowest BCUT2D eigenvalue weighted by Crippen LogP contribution is -2.19. The van der Waals surface area contributed by atoms with Crippen LogP contribution in [0.2, 0.25) is 0 Å². The summed E-state index contributed by atoms with van der Waals surface area (Å²) in [6, 6.07) is 5.46. The summed E-state index contributed by atoms with van der Waals surface area (Å²) in [5, 5.41) is 3.35. The van der Waals surface area contributed by atoms with Crippen LogP contribution in [-0.4, -0.2) is 29.2 Å². The molecule has 20 heavy (non-hydrogen) atoms. The zero-order chi connectivity index (χ0) is 14.4. The molecule has 0 saturated carbocycles. The highest BCUT2D eigenvalue weighted by Gasteiger charge is 2.08. The number of carbonyl (C=O) groups is 1. The SMILES string of the molecule is COC(=O)c1ccc(CNCCn2ccnc2)c(Br)c1. The summed E-state index contributed by atoms with van der Waals surface area (Å²) in [4.78, 5) is 15.4. The highest BCUT2D eigenvalue weighted by atomic mass is 79.9. The molecule has 0 aliphatic rings. The molecule has 1 aromatic carbocycles. The van der Waals surface area contributed by atoms with Gasteiger partial charge in [0.2, 0.25) is 0 Å². The Hall–Kier alpha value is -1.66. The fourth-order valence-corrected chi connectivity index (χ4v) is 2.30. The van der Waals surface area contributed by atoms with Crippen molar-refractivity contribution in [2.75, 3.05) is 13.7 Å². The number of esters is 1. The molecular weight excluding hydrogens is 322 g/mol. The van der Waals surface area contributed by atoms with E-state index in [0.29, 0.717) is 5.56 Å². The van der Waals surface area contributed by atoms with Gasteiger partial charge in [-0.25, -0.2) is 9.78 Å². The molecule has 6 heteroatoms. The summed E-state index contributed by atoms with van der Waals surface area (Å²) < 4.78 is 7.60. The Kier molecular flexibility index (Phi) is 5.31. The number of nitrogens with zero attached hydrogens (tertiary/aromatic N) is 2. The summed E-state index contributed by atoms with van der Waals surface area (Å²) in [6.45, 7) is 2.45. The smallest absolute Gasteiger partial charge is 0.337 e. The molecule has 0 bridgehead atoms. The maximum atomic E-state index is 11.4. The molecule has 1 aromatic heterocycles. The van der Waals surface area contributed by atoms with E-state index in [1.807, 2.05) is 16.8 Å². The minimum absolute atomic E-state index is 0.328. The molecule has 1 heterocycles. The van der Waals surface area contributed by atoms with Gasteiger partial charge in [0, 0.05) is 36.5 Å². The minimum atomic E-state index is -0.328. The molecular formula is C14H16BrN3O2. The normalized spacial score (nSPS) is 10.5. The monoisotopic (exact) mass is 337 g/mol. The van der Waals surface area contributed by atoms with Crippen molar-refractivity contribution in [2.45, 2.75) is 13.1 Å². The third-order valence-electron chi connectivity index (χ3n) is 2.90. The summed E-state index contributed by atoms with van der Waals surface area (Å²) in [5.74, 6) is -0.328. The van der Waals surface area contributed by atoms with Crippen LogP contribution < -0.4 is 5.32 Å².